The average Bonchev–Trinajstić information content (AvgIpc) is 3.35. The third kappa shape index (κ3) is 3.79. The van der Waals surface area contributed by atoms with Crippen molar-refractivity contribution in [1.29, 1.82) is 0 Å². The van der Waals surface area contributed by atoms with Gasteiger partial charge in [-0.3, -0.25) is 0 Å². The van der Waals surface area contributed by atoms with Gasteiger partial charge in [0.2, 0.25) is 0 Å². The van der Waals surface area contributed by atoms with Gasteiger partial charge in [-0.25, -0.2) is 9.97 Å². The normalized spacial score (nSPS) is 13.5. The zero-order valence-corrected chi connectivity index (χ0v) is 26.3. The Morgan fingerprint density at radius 3 is 1.49 bits per heavy atom. The first-order chi connectivity index (χ1) is 23.0. The maximum atomic E-state index is 5.29. The summed E-state index contributed by atoms with van der Waals surface area (Å²) in [5, 5.41) is 10.1. The molecular formula is C45H30N2. The number of nitrogens with zero attached hydrogens (tertiary/aromatic N) is 2. The first-order valence-corrected chi connectivity index (χ1v) is 16.3. The van der Waals surface area contributed by atoms with Crippen molar-refractivity contribution in [3.8, 4) is 33.6 Å². The molecule has 0 spiro atoms. The largest absolute Gasteiger partial charge is 0.245 e. The average molecular weight is 599 g/mol. The summed E-state index contributed by atoms with van der Waals surface area (Å²) in [6.07, 6.45) is 0. The molecule has 1 aliphatic rings. The van der Waals surface area contributed by atoms with E-state index in [0.29, 0.717) is 0 Å². The van der Waals surface area contributed by atoms with Gasteiger partial charge in [0.1, 0.15) is 0 Å². The summed E-state index contributed by atoms with van der Waals surface area (Å²) in [6, 6.07) is 52.8. The molecule has 0 aliphatic heterocycles. The highest BCUT2D eigenvalue weighted by molar-refractivity contribution is 6.26. The van der Waals surface area contributed by atoms with Crippen LogP contribution >= 0.6 is 0 Å². The smallest absolute Gasteiger partial charge is 0.0972 e. The van der Waals surface area contributed by atoms with Crippen molar-refractivity contribution in [1.82, 2.24) is 9.97 Å². The molecule has 10 rings (SSSR count). The maximum Gasteiger partial charge on any atom is 0.0972 e. The van der Waals surface area contributed by atoms with E-state index in [0.717, 1.165) is 44.3 Å². The molecule has 0 N–H and O–H groups in total. The van der Waals surface area contributed by atoms with Crippen LogP contribution in [0.15, 0.2) is 146 Å². The van der Waals surface area contributed by atoms with Gasteiger partial charge in [0.05, 0.1) is 22.4 Å². The lowest BCUT2D eigenvalue weighted by molar-refractivity contribution is 0.661. The highest BCUT2D eigenvalue weighted by Gasteiger charge is 2.36. The molecule has 0 amide bonds. The summed E-state index contributed by atoms with van der Waals surface area (Å²) in [4.78, 5) is 10.4. The molecule has 0 atom stereocenters. The third-order valence-corrected chi connectivity index (χ3v) is 10.4. The highest BCUT2D eigenvalue weighted by Crippen LogP contribution is 2.52. The van der Waals surface area contributed by atoms with Gasteiger partial charge in [0.15, 0.2) is 0 Å². The molecule has 2 aromatic heterocycles. The minimum absolute atomic E-state index is 0.116. The molecule has 1 aliphatic carbocycles. The number of rotatable bonds is 2. The number of hydrogen-bond donors (Lipinski definition) is 0. The van der Waals surface area contributed by atoms with Crippen LogP contribution in [0.1, 0.15) is 25.0 Å². The summed E-state index contributed by atoms with van der Waals surface area (Å²) >= 11 is 0. The van der Waals surface area contributed by atoms with E-state index < -0.39 is 0 Å². The van der Waals surface area contributed by atoms with Gasteiger partial charge in [-0.15, -0.1) is 0 Å². The quantitative estimate of drug-likeness (QED) is 0.185. The highest BCUT2D eigenvalue weighted by atomic mass is 14.8. The minimum atomic E-state index is -0.116. The molecule has 2 heterocycles. The van der Waals surface area contributed by atoms with Crippen LogP contribution in [-0.4, -0.2) is 9.97 Å². The van der Waals surface area contributed by atoms with Gasteiger partial charge >= 0.3 is 0 Å². The Hall–Kier alpha value is -5.86. The molecule has 220 valence electrons. The van der Waals surface area contributed by atoms with Crippen LogP contribution in [0.4, 0.5) is 0 Å². The summed E-state index contributed by atoms with van der Waals surface area (Å²) in [6.45, 7) is 4.73. The molecule has 2 heteroatoms. The predicted octanol–water partition coefficient (Wildman–Crippen LogP) is 11.9. The lowest BCUT2D eigenvalue weighted by Crippen LogP contribution is -2.14. The Labute approximate surface area is 273 Å². The maximum absolute atomic E-state index is 5.29. The van der Waals surface area contributed by atoms with Crippen LogP contribution in [0.2, 0.25) is 0 Å². The van der Waals surface area contributed by atoms with E-state index in [2.05, 4.69) is 153 Å². The fraction of sp³-hybridized carbons (Fsp3) is 0.0667. The number of hydrogen-bond acceptors (Lipinski definition) is 2. The number of pyridine rings is 2. The Morgan fingerprint density at radius 2 is 0.872 bits per heavy atom. The number of benzene rings is 7. The standard InChI is InChI=1S/C45H30N2/c1-45(2)39-21-18-30(42-23-20-29-17-16-28-19-22-41(27-10-4-3-5-11-27)46-43(28)44(29)47-42)24-37(39)38-25-35-33-14-8-6-12-31(33)32-13-7-9-15-34(32)36(35)26-40(38)45/h3-26H,1-2H3. The Balaban J connectivity index is 1.18. The van der Waals surface area contributed by atoms with E-state index in [1.54, 1.807) is 0 Å². The summed E-state index contributed by atoms with van der Waals surface area (Å²) < 4.78 is 0. The van der Waals surface area contributed by atoms with Gasteiger partial charge in [-0.05, 0) is 84.9 Å². The first kappa shape index (κ1) is 26.4. The van der Waals surface area contributed by atoms with E-state index in [1.807, 2.05) is 6.07 Å². The van der Waals surface area contributed by atoms with Crippen LogP contribution < -0.4 is 0 Å². The second-order valence-corrected chi connectivity index (χ2v) is 13.4. The van der Waals surface area contributed by atoms with E-state index >= 15 is 0 Å². The van der Waals surface area contributed by atoms with Crippen molar-refractivity contribution in [3.63, 3.8) is 0 Å². The molecule has 9 aromatic rings. The van der Waals surface area contributed by atoms with Crippen molar-refractivity contribution < 1.29 is 0 Å². The second kappa shape index (κ2) is 9.57. The van der Waals surface area contributed by atoms with Gasteiger partial charge < -0.3 is 0 Å². The van der Waals surface area contributed by atoms with E-state index in [4.69, 9.17) is 9.97 Å². The molecule has 0 radical (unpaired) electrons. The summed E-state index contributed by atoms with van der Waals surface area (Å²) in [5.74, 6) is 0. The Kier molecular flexibility index (Phi) is 5.37. The Morgan fingerprint density at radius 1 is 0.383 bits per heavy atom. The van der Waals surface area contributed by atoms with Crippen LogP contribution in [0.3, 0.4) is 0 Å². The fourth-order valence-electron chi connectivity index (χ4n) is 8.01. The Bertz CT molecular complexity index is 2760. The summed E-state index contributed by atoms with van der Waals surface area (Å²) in [7, 11) is 0. The summed E-state index contributed by atoms with van der Waals surface area (Å²) in [5.41, 5.74) is 11.3. The van der Waals surface area contributed by atoms with Crippen molar-refractivity contribution in [2.75, 3.05) is 0 Å². The van der Waals surface area contributed by atoms with Gasteiger partial charge in [0, 0.05) is 27.3 Å². The predicted molar refractivity (Wildman–Crippen MR) is 198 cm³/mol. The monoisotopic (exact) mass is 598 g/mol. The molecule has 0 unspecified atom stereocenters. The molecule has 47 heavy (non-hydrogen) atoms. The molecule has 2 nitrogen and oxygen atoms in total. The van der Waals surface area contributed by atoms with Gasteiger partial charge in [-0.1, -0.05) is 129 Å². The molecule has 0 fully saturated rings. The van der Waals surface area contributed by atoms with Gasteiger partial charge in [0.25, 0.3) is 0 Å². The third-order valence-electron chi connectivity index (χ3n) is 10.4. The van der Waals surface area contributed by atoms with Crippen LogP contribution in [-0.2, 0) is 5.41 Å². The van der Waals surface area contributed by atoms with Crippen molar-refractivity contribution >= 4 is 54.1 Å². The molecule has 0 saturated heterocycles. The molecule has 7 aromatic carbocycles. The van der Waals surface area contributed by atoms with Gasteiger partial charge in [-0.2, -0.15) is 0 Å². The van der Waals surface area contributed by atoms with E-state index in [9.17, 15) is 0 Å². The lowest BCUT2D eigenvalue weighted by Gasteiger charge is -2.22. The molecular weight excluding hydrogens is 569 g/mol. The number of fused-ring (bicyclic) bond motifs is 12. The zero-order chi connectivity index (χ0) is 31.3. The zero-order valence-electron chi connectivity index (χ0n) is 26.3. The van der Waals surface area contributed by atoms with Crippen LogP contribution in [0.5, 0.6) is 0 Å². The number of aromatic nitrogens is 2. The fourth-order valence-corrected chi connectivity index (χ4v) is 8.01. The first-order valence-electron chi connectivity index (χ1n) is 16.3. The SMILES string of the molecule is CC1(C)c2ccc(-c3ccc4ccc5ccc(-c6ccccc6)nc5c4n3)cc2-c2cc3c4ccccc4c4ccccc4c3cc21. The topological polar surface area (TPSA) is 25.8 Å². The van der Waals surface area contributed by atoms with E-state index in [-0.39, 0.29) is 5.41 Å². The van der Waals surface area contributed by atoms with Crippen LogP contribution in [0, 0.1) is 0 Å². The molecule has 0 bridgehead atoms. The molecule has 0 saturated carbocycles. The minimum Gasteiger partial charge on any atom is -0.245 e. The van der Waals surface area contributed by atoms with E-state index in [1.165, 1.54) is 54.6 Å². The van der Waals surface area contributed by atoms with Crippen LogP contribution in [0.25, 0.3) is 87.8 Å². The van der Waals surface area contributed by atoms with Crippen molar-refractivity contribution in [3.05, 3.63) is 157 Å². The lowest BCUT2D eigenvalue weighted by atomic mass is 9.81. The second-order valence-electron chi connectivity index (χ2n) is 13.4. The van der Waals surface area contributed by atoms with Crippen molar-refractivity contribution in [2.45, 2.75) is 19.3 Å². The van der Waals surface area contributed by atoms with Crippen molar-refractivity contribution in [2.24, 2.45) is 0 Å².